The topological polar surface area (TPSA) is 60.4 Å². The summed E-state index contributed by atoms with van der Waals surface area (Å²) in [6.07, 6.45) is 0.186. The second-order valence-corrected chi connectivity index (χ2v) is 5.89. The molecule has 3 aromatic rings. The van der Waals surface area contributed by atoms with Crippen molar-refractivity contribution in [3.8, 4) is 5.06 Å². The predicted octanol–water partition coefficient (Wildman–Crippen LogP) is 3.70. The van der Waals surface area contributed by atoms with Crippen LogP contribution >= 0.6 is 10.8 Å². The maximum absolute atomic E-state index is 12.4. The molecule has 3 nitrogen and oxygen atoms in total. The van der Waals surface area contributed by atoms with Gasteiger partial charge in [0, 0.05) is 6.42 Å². The molecule has 0 amide bonds. The molecule has 0 bridgehead atoms. The number of carbonyl (C=O) groups excluding carboxylic acids is 1. The highest BCUT2D eigenvalue weighted by atomic mass is 32.2. The largest absolute Gasteiger partial charge is 0.587 e. The van der Waals surface area contributed by atoms with Crippen molar-refractivity contribution < 1.29 is 14.5 Å². The van der Waals surface area contributed by atoms with Crippen LogP contribution in [0.25, 0.3) is 10.1 Å². The molecule has 20 heavy (non-hydrogen) atoms. The van der Waals surface area contributed by atoms with Gasteiger partial charge in [0.05, 0.1) is 5.39 Å². The predicted molar refractivity (Wildman–Crippen MR) is 78.7 cm³/mol. The van der Waals surface area contributed by atoms with E-state index in [0.29, 0.717) is 10.1 Å². The first kappa shape index (κ1) is 12.8. The molecule has 0 aliphatic carbocycles. The molecular formula is C16H12O3S. The molecule has 0 saturated carbocycles. The maximum Gasteiger partial charge on any atom is 0.338 e. The van der Waals surface area contributed by atoms with E-state index in [0.717, 1.165) is 5.56 Å². The zero-order chi connectivity index (χ0) is 14.1. The summed E-state index contributed by atoms with van der Waals surface area (Å²) >= 11 is 0. The van der Waals surface area contributed by atoms with Gasteiger partial charge in [-0.3, -0.25) is 4.79 Å². The summed E-state index contributed by atoms with van der Waals surface area (Å²) in [5.74, 6) is -0.216. The minimum atomic E-state index is -1.64. The maximum atomic E-state index is 12.4. The average Bonchev–Trinajstić information content (AvgIpc) is 2.72. The molecule has 1 N–H and O–H groups in total. The smallest absolute Gasteiger partial charge is 0.338 e. The molecular weight excluding hydrogens is 272 g/mol. The van der Waals surface area contributed by atoms with E-state index in [1.807, 2.05) is 30.3 Å². The van der Waals surface area contributed by atoms with Crippen molar-refractivity contribution in [2.75, 3.05) is 0 Å². The highest BCUT2D eigenvalue weighted by Crippen LogP contribution is 2.43. The molecule has 4 heteroatoms. The minimum Gasteiger partial charge on any atom is -0.587 e. The van der Waals surface area contributed by atoms with Crippen LogP contribution in [0, 0.1) is 0 Å². The van der Waals surface area contributed by atoms with E-state index >= 15 is 0 Å². The van der Waals surface area contributed by atoms with Crippen molar-refractivity contribution in [2.24, 2.45) is 0 Å². The first-order valence-electron chi connectivity index (χ1n) is 6.20. The van der Waals surface area contributed by atoms with Gasteiger partial charge in [-0.25, -0.2) is 0 Å². The Hall–Kier alpha value is -2.17. The number of rotatable bonds is 3. The third-order valence-electron chi connectivity index (χ3n) is 3.23. The van der Waals surface area contributed by atoms with Gasteiger partial charge in [0.25, 0.3) is 0 Å². The lowest BCUT2D eigenvalue weighted by Gasteiger charge is -1.99. The van der Waals surface area contributed by atoms with Gasteiger partial charge in [0.2, 0.25) is 0 Å². The van der Waals surface area contributed by atoms with Crippen LogP contribution in [0.1, 0.15) is 15.9 Å². The van der Waals surface area contributed by atoms with Crippen molar-refractivity contribution in [1.29, 1.82) is 0 Å². The van der Waals surface area contributed by atoms with Crippen LogP contribution in [-0.4, -0.2) is 15.4 Å². The van der Waals surface area contributed by atoms with Crippen molar-refractivity contribution in [1.82, 2.24) is 0 Å². The van der Waals surface area contributed by atoms with Crippen LogP contribution < -0.4 is 0 Å². The summed E-state index contributed by atoms with van der Waals surface area (Å²) in [7, 11) is -1.64. The van der Waals surface area contributed by atoms with Gasteiger partial charge in [0.1, 0.15) is 5.56 Å². The third kappa shape index (κ3) is 2.09. The Morgan fingerprint density at radius 2 is 1.70 bits per heavy atom. The van der Waals surface area contributed by atoms with E-state index in [1.165, 1.54) is 0 Å². The molecule has 1 unspecified atom stereocenters. The Bertz CT molecular complexity index is 775. The molecule has 1 aromatic heterocycles. The van der Waals surface area contributed by atoms with Crippen molar-refractivity contribution in [2.45, 2.75) is 6.42 Å². The average molecular weight is 284 g/mol. The van der Waals surface area contributed by atoms with E-state index in [9.17, 15) is 14.5 Å². The fraction of sp³-hybridized carbons (Fsp3) is 0.0625. The van der Waals surface area contributed by atoms with Crippen LogP contribution in [0.3, 0.4) is 0 Å². The van der Waals surface area contributed by atoms with E-state index < -0.39 is 10.8 Å². The summed E-state index contributed by atoms with van der Waals surface area (Å²) in [6.45, 7) is 0. The first-order chi connectivity index (χ1) is 9.68. The van der Waals surface area contributed by atoms with Crippen LogP contribution in [0.4, 0.5) is 0 Å². The van der Waals surface area contributed by atoms with Crippen molar-refractivity contribution in [3.63, 3.8) is 0 Å². The fourth-order valence-corrected chi connectivity index (χ4v) is 3.48. The second kappa shape index (κ2) is 5.07. The van der Waals surface area contributed by atoms with Gasteiger partial charge in [0.15, 0.2) is 10.5 Å². The Labute approximate surface area is 118 Å². The number of hydrogen-bond donors (Lipinski definition) is 1. The highest BCUT2D eigenvalue weighted by molar-refractivity contribution is 7.33. The monoisotopic (exact) mass is 284 g/mol. The number of benzene rings is 2. The normalized spacial score (nSPS) is 11.8. The van der Waals surface area contributed by atoms with E-state index in [1.54, 1.807) is 24.3 Å². The van der Waals surface area contributed by atoms with Crippen LogP contribution in [0.5, 0.6) is 5.06 Å². The van der Waals surface area contributed by atoms with Crippen molar-refractivity contribution in [3.05, 3.63) is 65.7 Å². The number of carbonyl (C=O) groups is 1. The molecule has 0 radical (unpaired) electrons. The van der Waals surface area contributed by atoms with Gasteiger partial charge in [-0.05, 0) is 28.4 Å². The zero-order valence-electron chi connectivity index (χ0n) is 10.6. The quantitative estimate of drug-likeness (QED) is 0.589. The standard InChI is InChI=1S/C16H12O3S/c17-13(10-11-6-2-1-3-7-11)15-12-8-4-5-9-14(12)20(19)16(15)18/h1-9,18H,10H2. The molecule has 0 saturated heterocycles. The van der Waals surface area contributed by atoms with E-state index in [2.05, 4.69) is 0 Å². The van der Waals surface area contributed by atoms with Crippen LogP contribution in [0.15, 0.2) is 54.6 Å². The number of fused-ring (bicyclic) bond motifs is 1. The third-order valence-corrected chi connectivity index (χ3v) is 4.54. The molecule has 0 spiro atoms. The van der Waals surface area contributed by atoms with Crippen molar-refractivity contribution >= 4 is 26.6 Å². The summed E-state index contributed by atoms with van der Waals surface area (Å²) in [4.78, 5) is 12.4. The van der Waals surface area contributed by atoms with E-state index in [4.69, 9.17) is 0 Å². The fourth-order valence-electron chi connectivity index (χ4n) is 2.29. The number of ketones is 1. The van der Waals surface area contributed by atoms with Gasteiger partial charge >= 0.3 is 5.06 Å². The molecule has 1 heterocycles. The summed E-state index contributed by atoms with van der Waals surface area (Å²) < 4.78 is 12.5. The summed E-state index contributed by atoms with van der Waals surface area (Å²) in [6, 6.07) is 16.2. The van der Waals surface area contributed by atoms with Gasteiger partial charge in [-0.2, -0.15) is 0 Å². The number of aromatic hydroxyl groups is 1. The minimum absolute atomic E-state index is 0.183. The lowest BCUT2D eigenvalue weighted by molar-refractivity contribution is 0.0992. The lowest BCUT2D eigenvalue weighted by atomic mass is 10.0. The van der Waals surface area contributed by atoms with Crippen LogP contribution in [0.2, 0.25) is 0 Å². The van der Waals surface area contributed by atoms with Gasteiger partial charge in [-0.15, -0.1) is 0 Å². The number of Topliss-reactive ketones (excluding diaryl/α,β-unsaturated/α-hetero) is 1. The molecule has 3 rings (SSSR count). The SMILES string of the molecule is O=C(Cc1ccccc1)c1c(O)[s+]([O-])c2ccccc12. The highest BCUT2D eigenvalue weighted by Gasteiger charge is 2.26. The zero-order valence-corrected chi connectivity index (χ0v) is 11.4. The van der Waals surface area contributed by atoms with Crippen LogP contribution in [-0.2, 0) is 6.42 Å². The first-order valence-corrected chi connectivity index (χ1v) is 7.35. The molecule has 1 atom stereocenters. The van der Waals surface area contributed by atoms with Gasteiger partial charge in [-0.1, -0.05) is 42.5 Å². The van der Waals surface area contributed by atoms with E-state index in [-0.39, 0.29) is 22.8 Å². The molecule has 100 valence electrons. The molecule has 0 aliphatic rings. The Morgan fingerprint density at radius 3 is 2.45 bits per heavy atom. The Kier molecular flexibility index (Phi) is 3.26. The molecule has 2 aromatic carbocycles. The second-order valence-electron chi connectivity index (χ2n) is 4.53. The Morgan fingerprint density at radius 1 is 1.05 bits per heavy atom. The Balaban J connectivity index is 2.06. The lowest BCUT2D eigenvalue weighted by Crippen LogP contribution is -2.02. The number of hydrogen-bond acceptors (Lipinski definition) is 3. The van der Waals surface area contributed by atoms with Gasteiger partial charge < -0.3 is 9.66 Å². The number of thiophene rings is 1. The summed E-state index contributed by atoms with van der Waals surface area (Å²) in [5, 5.41) is 10.2. The molecule has 0 aliphatic heterocycles. The summed E-state index contributed by atoms with van der Waals surface area (Å²) in [5.41, 5.74) is 1.05. The molecule has 0 fully saturated rings.